The van der Waals surface area contributed by atoms with Crippen molar-refractivity contribution in [3.8, 4) is 0 Å². The van der Waals surface area contributed by atoms with E-state index in [9.17, 15) is 19.7 Å². The molecule has 0 saturated heterocycles. The number of nitrogens with zero attached hydrogens (tertiary/aromatic N) is 1. The Morgan fingerprint density at radius 1 is 1.18 bits per heavy atom. The van der Waals surface area contributed by atoms with E-state index < -0.39 is 22.8 Å². The lowest BCUT2D eigenvalue weighted by Gasteiger charge is -2.30. The molecule has 0 amide bonds. The van der Waals surface area contributed by atoms with Gasteiger partial charge in [-0.2, -0.15) is 0 Å². The van der Waals surface area contributed by atoms with Gasteiger partial charge in [-0.25, -0.2) is 9.59 Å². The zero-order valence-corrected chi connectivity index (χ0v) is 16.6. The summed E-state index contributed by atoms with van der Waals surface area (Å²) in [7, 11) is 1.25. The van der Waals surface area contributed by atoms with E-state index in [2.05, 4.69) is 5.32 Å². The molecule has 1 aromatic carbocycles. The van der Waals surface area contributed by atoms with Crippen LogP contribution in [0.2, 0.25) is 0 Å². The zero-order chi connectivity index (χ0) is 21.0. The van der Waals surface area contributed by atoms with Crippen molar-refractivity contribution in [1.82, 2.24) is 5.32 Å². The van der Waals surface area contributed by atoms with Gasteiger partial charge in [-0.15, -0.1) is 0 Å². The smallest absolute Gasteiger partial charge is 0.336 e. The maximum Gasteiger partial charge on any atom is 0.336 e. The number of allylic oxidation sites excluding steroid dienone is 2. The third-order valence-corrected chi connectivity index (χ3v) is 4.35. The predicted octanol–water partition coefficient (Wildman–Crippen LogP) is 3.20. The Morgan fingerprint density at radius 3 is 2.32 bits per heavy atom. The van der Waals surface area contributed by atoms with Crippen LogP contribution in [0.5, 0.6) is 0 Å². The standard InChI is InChI=1S/C20H24N2O6/c1-11(2)10-28-20(24)17-13(4)21-12(3)16(19(23)27-5)18(17)14-7-6-8-15(9-14)22(25)26/h6-9,11,18,21H,10H2,1-5H3/t18-/m1/s1. The summed E-state index contributed by atoms with van der Waals surface area (Å²) in [5, 5.41) is 14.2. The molecule has 1 aliphatic rings. The number of carbonyl (C=O) groups excluding carboxylic acids is 2. The largest absolute Gasteiger partial charge is 0.466 e. The third kappa shape index (κ3) is 4.39. The van der Waals surface area contributed by atoms with Gasteiger partial charge in [0.15, 0.2) is 0 Å². The van der Waals surface area contributed by atoms with Gasteiger partial charge < -0.3 is 14.8 Å². The second-order valence-electron chi connectivity index (χ2n) is 6.97. The molecular weight excluding hydrogens is 364 g/mol. The fourth-order valence-corrected chi connectivity index (χ4v) is 3.12. The summed E-state index contributed by atoms with van der Waals surface area (Å²) in [4.78, 5) is 36.0. The highest BCUT2D eigenvalue weighted by Crippen LogP contribution is 2.40. The van der Waals surface area contributed by atoms with Crippen molar-refractivity contribution in [3.63, 3.8) is 0 Å². The minimum atomic E-state index is -0.840. The lowest BCUT2D eigenvalue weighted by molar-refractivity contribution is -0.384. The van der Waals surface area contributed by atoms with Gasteiger partial charge in [-0.3, -0.25) is 10.1 Å². The highest BCUT2D eigenvalue weighted by molar-refractivity contribution is 5.99. The molecule has 2 rings (SSSR count). The van der Waals surface area contributed by atoms with Crippen molar-refractivity contribution < 1.29 is 24.0 Å². The molecule has 1 N–H and O–H groups in total. The van der Waals surface area contributed by atoms with Gasteiger partial charge in [-0.05, 0) is 25.3 Å². The van der Waals surface area contributed by atoms with Crippen LogP contribution in [0, 0.1) is 16.0 Å². The molecule has 0 aromatic heterocycles. The number of nitro groups is 1. The molecule has 0 unspecified atom stereocenters. The molecule has 1 atom stereocenters. The van der Waals surface area contributed by atoms with Gasteiger partial charge in [0.25, 0.3) is 5.69 Å². The molecule has 0 bridgehead atoms. The summed E-state index contributed by atoms with van der Waals surface area (Å²) in [6.07, 6.45) is 0. The molecule has 1 heterocycles. The number of hydrogen-bond acceptors (Lipinski definition) is 7. The maximum absolute atomic E-state index is 12.8. The van der Waals surface area contributed by atoms with Crippen molar-refractivity contribution in [3.05, 3.63) is 62.5 Å². The zero-order valence-electron chi connectivity index (χ0n) is 16.6. The maximum atomic E-state index is 12.8. The minimum absolute atomic E-state index is 0.134. The van der Waals surface area contributed by atoms with Crippen LogP contribution in [-0.2, 0) is 19.1 Å². The summed E-state index contributed by atoms with van der Waals surface area (Å²) in [6.45, 7) is 7.43. The molecule has 0 fully saturated rings. The SMILES string of the molecule is COC(=O)C1=C(C)NC(C)=C(C(=O)OCC(C)C)[C@@H]1c1cccc([N+](=O)[O-])c1. The number of nitro benzene ring substituents is 1. The number of carbonyl (C=O) groups is 2. The van der Waals surface area contributed by atoms with Crippen LogP contribution < -0.4 is 5.32 Å². The van der Waals surface area contributed by atoms with E-state index in [-0.39, 0.29) is 29.4 Å². The van der Waals surface area contributed by atoms with Crippen molar-refractivity contribution in [1.29, 1.82) is 0 Å². The van der Waals surface area contributed by atoms with Crippen LogP contribution in [-0.4, -0.2) is 30.6 Å². The normalized spacial score (nSPS) is 16.7. The van der Waals surface area contributed by atoms with Crippen LogP contribution in [0.1, 0.15) is 39.2 Å². The Hall–Kier alpha value is -3.16. The number of non-ortho nitro benzene ring substituents is 1. The van der Waals surface area contributed by atoms with Crippen molar-refractivity contribution in [2.24, 2.45) is 5.92 Å². The lowest BCUT2D eigenvalue weighted by atomic mass is 9.80. The van der Waals surface area contributed by atoms with Gasteiger partial charge in [0.05, 0.1) is 35.7 Å². The van der Waals surface area contributed by atoms with Gasteiger partial charge in [0, 0.05) is 23.5 Å². The third-order valence-electron chi connectivity index (χ3n) is 4.35. The number of dihydropyridines is 1. The highest BCUT2D eigenvalue weighted by atomic mass is 16.6. The topological polar surface area (TPSA) is 108 Å². The summed E-state index contributed by atoms with van der Waals surface area (Å²) in [5.41, 5.74) is 1.78. The van der Waals surface area contributed by atoms with E-state index >= 15 is 0 Å². The quantitative estimate of drug-likeness (QED) is 0.453. The first-order chi connectivity index (χ1) is 13.2. The van der Waals surface area contributed by atoms with E-state index in [0.717, 1.165) is 0 Å². The first-order valence-electron chi connectivity index (χ1n) is 8.85. The Bertz CT molecular complexity index is 869. The second kappa shape index (κ2) is 8.69. The summed E-state index contributed by atoms with van der Waals surface area (Å²) in [6, 6.07) is 5.87. The average Bonchev–Trinajstić information content (AvgIpc) is 2.65. The van der Waals surface area contributed by atoms with Crippen LogP contribution in [0.4, 0.5) is 5.69 Å². The number of rotatable bonds is 6. The molecule has 8 heteroatoms. The van der Waals surface area contributed by atoms with Crippen LogP contribution in [0.15, 0.2) is 46.8 Å². The Balaban J connectivity index is 2.63. The number of hydrogen-bond donors (Lipinski definition) is 1. The molecule has 1 aliphatic heterocycles. The Morgan fingerprint density at radius 2 is 1.79 bits per heavy atom. The van der Waals surface area contributed by atoms with Gasteiger partial charge in [-0.1, -0.05) is 26.0 Å². The van der Waals surface area contributed by atoms with Crippen LogP contribution >= 0.6 is 0 Å². The molecule has 1 aromatic rings. The summed E-state index contributed by atoms with van der Waals surface area (Å²) in [5.74, 6) is -1.91. The fourth-order valence-electron chi connectivity index (χ4n) is 3.12. The van der Waals surface area contributed by atoms with E-state index in [1.54, 1.807) is 19.9 Å². The van der Waals surface area contributed by atoms with Crippen LogP contribution in [0.25, 0.3) is 0 Å². The number of esters is 2. The molecule has 150 valence electrons. The van der Waals surface area contributed by atoms with Crippen molar-refractivity contribution in [2.45, 2.75) is 33.6 Å². The Kier molecular flexibility index (Phi) is 6.56. The van der Waals surface area contributed by atoms with Gasteiger partial charge >= 0.3 is 11.9 Å². The number of methoxy groups -OCH3 is 1. The molecule has 0 spiro atoms. The number of nitrogens with one attached hydrogen (secondary N) is 1. The second-order valence-corrected chi connectivity index (χ2v) is 6.97. The number of ether oxygens (including phenoxy) is 2. The predicted molar refractivity (Wildman–Crippen MR) is 102 cm³/mol. The molecule has 0 saturated carbocycles. The number of benzene rings is 1. The average molecular weight is 388 g/mol. The van der Waals surface area contributed by atoms with E-state index in [0.29, 0.717) is 17.0 Å². The van der Waals surface area contributed by atoms with E-state index in [4.69, 9.17) is 9.47 Å². The van der Waals surface area contributed by atoms with Gasteiger partial charge in [0.2, 0.25) is 0 Å². The van der Waals surface area contributed by atoms with Gasteiger partial charge in [0.1, 0.15) is 0 Å². The molecular formula is C20H24N2O6. The van der Waals surface area contributed by atoms with Crippen LogP contribution in [0.3, 0.4) is 0 Å². The molecule has 0 aliphatic carbocycles. The Labute approximate surface area is 163 Å². The van der Waals surface area contributed by atoms with E-state index in [1.165, 1.54) is 25.3 Å². The molecule has 28 heavy (non-hydrogen) atoms. The fraction of sp³-hybridized carbons (Fsp3) is 0.400. The van der Waals surface area contributed by atoms with Crippen molar-refractivity contribution in [2.75, 3.05) is 13.7 Å². The lowest BCUT2D eigenvalue weighted by Crippen LogP contribution is -2.32. The first-order valence-corrected chi connectivity index (χ1v) is 8.85. The highest BCUT2D eigenvalue weighted by Gasteiger charge is 2.38. The summed E-state index contributed by atoms with van der Waals surface area (Å²) >= 11 is 0. The van der Waals surface area contributed by atoms with E-state index in [1.807, 2.05) is 13.8 Å². The summed E-state index contributed by atoms with van der Waals surface area (Å²) < 4.78 is 10.3. The monoisotopic (exact) mass is 388 g/mol. The van der Waals surface area contributed by atoms with Crippen molar-refractivity contribution >= 4 is 17.6 Å². The minimum Gasteiger partial charge on any atom is -0.466 e. The first kappa shape index (κ1) is 21.1. The molecule has 0 radical (unpaired) electrons. The molecule has 8 nitrogen and oxygen atoms in total.